The van der Waals surface area contributed by atoms with Gasteiger partial charge in [0.05, 0.1) is 28.3 Å². The van der Waals surface area contributed by atoms with Crippen molar-refractivity contribution >= 4 is 43.2 Å². The molecule has 9 nitrogen and oxygen atoms in total. The number of ether oxygens (including phenoxy) is 1. The molecule has 0 spiro atoms. The Morgan fingerprint density at radius 1 is 1.09 bits per heavy atom. The van der Waals surface area contributed by atoms with Crippen molar-refractivity contribution in [2.45, 2.75) is 11.8 Å². The van der Waals surface area contributed by atoms with E-state index in [9.17, 15) is 13.2 Å². The maximum Gasteiger partial charge on any atom is 0.276 e. The number of morpholine rings is 1. The number of fused-ring (bicyclic) bond motifs is 1. The van der Waals surface area contributed by atoms with Crippen molar-refractivity contribution in [2.24, 2.45) is 0 Å². The number of hydrogen-bond acceptors (Lipinski definition) is 8. The summed E-state index contributed by atoms with van der Waals surface area (Å²) in [5.74, 6) is -0.499. The Balaban J connectivity index is 1.45. The predicted octanol–water partition coefficient (Wildman–Crippen LogP) is 3.33. The van der Waals surface area contributed by atoms with Crippen LogP contribution in [-0.2, 0) is 14.8 Å². The number of carbonyl (C=O) groups excluding carboxylic acids is 1. The van der Waals surface area contributed by atoms with Gasteiger partial charge in [-0.15, -0.1) is 11.3 Å². The van der Waals surface area contributed by atoms with Crippen molar-refractivity contribution in [1.29, 1.82) is 0 Å². The van der Waals surface area contributed by atoms with Crippen molar-refractivity contribution in [3.8, 4) is 10.7 Å². The molecule has 1 amide bonds. The normalized spacial score (nSPS) is 14.9. The Morgan fingerprint density at radius 3 is 2.65 bits per heavy atom. The van der Waals surface area contributed by atoms with Crippen LogP contribution >= 0.6 is 11.3 Å². The fourth-order valence-electron chi connectivity index (χ4n) is 3.71. The van der Waals surface area contributed by atoms with E-state index in [1.54, 1.807) is 19.1 Å². The summed E-state index contributed by atoms with van der Waals surface area (Å²) in [5, 5.41) is 3.35. The Labute approximate surface area is 200 Å². The Bertz CT molecular complexity index is 1450. The second-order valence-corrected chi connectivity index (χ2v) is 10.6. The molecular formula is C23H21N5O4S2. The molecule has 1 fully saturated rings. The topological polar surface area (TPSA) is 114 Å². The van der Waals surface area contributed by atoms with E-state index in [4.69, 9.17) is 4.74 Å². The third-order valence-corrected chi connectivity index (χ3v) is 8.53. The summed E-state index contributed by atoms with van der Waals surface area (Å²) < 4.78 is 34.0. The maximum atomic E-state index is 13.2. The van der Waals surface area contributed by atoms with E-state index in [0.717, 1.165) is 10.2 Å². The average molecular weight is 496 g/mol. The Hall–Kier alpha value is -3.25. The molecule has 0 unspecified atom stereocenters. The zero-order valence-corrected chi connectivity index (χ0v) is 19.9. The molecule has 0 saturated carbocycles. The summed E-state index contributed by atoms with van der Waals surface area (Å²) >= 11 is 1.42. The molecule has 11 heteroatoms. The highest BCUT2D eigenvalue weighted by molar-refractivity contribution is 7.89. The van der Waals surface area contributed by atoms with Gasteiger partial charge in [0.15, 0.2) is 5.69 Å². The van der Waals surface area contributed by atoms with E-state index >= 15 is 0 Å². The zero-order chi connectivity index (χ0) is 23.7. The van der Waals surface area contributed by atoms with Crippen LogP contribution in [0.5, 0.6) is 0 Å². The Morgan fingerprint density at radius 2 is 1.85 bits per heavy atom. The summed E-state index contributed by atoms with van der Waals surface area (Å²) in [5.41, 5.74) is 2.24. The molecule has 5 rings (SSSR count). The number of thiazole rings is 1. The molecule has 4 aromatic rings. The van der Waals surface area contributed by atoms with Gasteiger partial charge in [-0.1, -0.05) is 18.2 Å². The predicted molar refractivity (Wildman–Crippen MR) is 129 cm³/mol. The van der Waals surface area contributed by atoms with Gasteiger partial charge >= 0.3 is 0 Å². The van der Waals surface area contributed by atoms with Gasteiger partial charge in [0, 0.05) is 31.2 Å². The number of anilines is 1. The SMILES string of the molecule is Cc1ccc(NC(=O)c2nccnc2-c2nc3ccccc3s2)cc1S(=O)(=O)N1CCOCC1. The molecule has 3 heterocycles. The van der Waals surface area contributed by atoms with Crippen LogP contribution < -0.4 is 5.32 Å². The van der Waals surface area contributed by atoms with Gasteiger partial charge in [-0.3, -0.25) is 4.79 Å². The first-order chi connectivity index (χ1) is 16.4. The monoisotopic (exact) mass is 495 g/mol. The van der Waals surface area contributed by atoms with Crippen LogP contribution in [0.4, 0.5) is 5.69 Å². The van der Waals surface area contributed by atoms with Crippen molar-refractivity contribution in [1.82, 2.24) is 19.3 Å². The molecule has 2 aromatic carbocycles. The number of nitrogens with one attached hydrogen (secondary N) is 1. The molecule has 174 valence electrons. The van der Waals surface area contributed by atoms with Crippen LogP contribution in [0.15, 0.2) is 59.8 Å². The van der Waals surface area contributed by atoms with Crippen LogP contribution in [0, 0.1) is 6.92 Å². The second kappa shape index (κ2) is 9.18. The third-order valence-electron chi connectivity index (χ3n) is 5.44. The molecule has 1 aliphatic rings. The van der Waals surface area contributed by atoms with Crippen LogP contribution in [-0.4, -0.2) is 59.9 Å². The third kappa shape index (κ3) is 4.30. The number of hydrogen-bond donors (Lipinski definition) is 1. The second-order valence-electron chi connectivity index (χ2n) is 7.69. The van der Waals surface area contributed by atoms with E-state index in [-0.39, 0.29) is 10.6 Å². The van der Waals surface area contributed by atoms with E-state index < -0.39 is 15.9 Å². The molecule has 2 aromatic heterocycles. The first-order valence-corrected chi connectivity index (χ1v) is 12.9. The number of carbonyl (C=O) groups is 1. The lowest BCUT2D eigenvalue weighted by Crippen LogP contribution is -2.40. The molecular weight excluding hydrogens is 474 g/mol. The van der Waals surface area contributed by atoms with E-state index in [1.165, 1.54) is 34.1 Å². The van der Waals surface area contributed by atoms with Crippen molar-refractivity contribution < 1.29 is 17.9 Å². The molecule has 0 aliphatic carbocycles. The highest BCUT2D eigenvalue weighted by Gasteiger charge is 2.28. The molecule has 0 radical (unpaired) electrons. The zero-order valence-electron chi connectivity index (χ0n) is 18.3. The highest BCUT2D eigenvalue weighted by atomic mass is 32.2. The number of benzene rings is 2. The summed E-state index contributed by atoms with van der Waals surface area (Å²) in [6, 6.07) is 12.5. The van der Waals surface area contributed by atoms with Gasteiger partial charge in [0.2, 0.25) is 10.0 Å². The van der Waals surface area contributed by atoms with Gasteiger partial charge in [0.25, 0.3) is 5.91 Å². The number of aromatic nitrogens is 3. The van der Waals surface area contributed by atoms with Gasteiger partial charge in [-0.05, 0) is 36.8 Å². The van der Waals surface area contributed by atoms with Crippen LogP contribution in [0.1, 0.15) is 16.1 Å². The van der Waals surface area contributed by atoms with Crippen molar-refractivity contribution in [2.75, 3.05) is 31.6 Å². The molecule has 0 atom stereocenters. The first kappa shape index (κ1) is 22.5. The fourth-order valence-corrected chi connectivity index (χ4v) is 6.33. The van der Waals surface area contributed by atoms with Crippen LogP contribution in [0.2, 0.25) is 0 Å². The summed E-state index contributed by atoms with van der Waals surface area (Å²) in [6.07, 6.45) is 2.95. The van der Waals surface area contributed by atoms with Gasteiger partial charge in [0.1, 0.15) is 10.7 Å². The fraction of sp³-hybridized carbons (Fsp3) is 0.217. The van der Waals surface area contributed by atoms with E-state index in [2.05, 4.69) is 20.3 Å². The number of nitrogens with zero attached hydrogens (tertiary/aromatic N) is 4. The molecule has 1 aliphatic heterocycles. The smallest absolute Gasteiger partial charge is 0.276 e. The van der Waals surface area contributed by atoms with Crippen LogP contribution in [0.25, 0.3) is 20.9 Å². The minimum atomic E-state index is -3.72. The summed E-state index contributed by atoms with van der Waals surface area (Å²) in [4.78, 5) is 26.5. The first-order valence-electron chi connectivity index (χ1n) is 10.6. The standard InChI is InChI=1S/C23H21N5O4S2/c1-15-6-7-16(14-19(15)34(30,31)28-10-12-32-13-11-28)26-22(29)20-21(25-9-8-24-20)23-27-17-4-2-3-5-18(17)33-23/h2-9,14H,10-13H2,1H3,(H,26,29). The lowest BCUT2D eigenvalue weighted by atomic mass is 10.2. The number of sulfonamides is 1. The summed E-state index contributed by atoms with van der Waals surface area (Å²) in [7, 11) is -3.72. The molecule has 34 heavy (non-hydrogen) atoms. The van der Waals surface area contributed by atoms with Gasteiger partial charge in [-0.25, -0.2) is 23.4 Å². The maximum absolute atomic E-state index is 13.2. The molecule has 0 bridgehead atoms. The highest BCUT2D eigenvalue weighted by Crippen LogP contribution is 2.31. The molecule has 1 saturated heterocycles. The quantitative estimate of drug-likeness (QED) is 0.452. The molecule has 1 N–H and O–H groups in total. The minimum absolute atomic E-state index is 0.111. The van der Waals surface area contributed by atoms with Gasteiger partial charge < -0.3 is 10.1 Å². The lowest BCUT2D eigenvalue weighted by Gasteiger charge is -2.26. The lowest BCUT2D eigenvalue weighted by molar-refractivity contribution is 0.0730. The van der Waals surface area contributed by atoms with Gasteiger partial charge in [-0.2, -0.15) is 4.31 Å². The van der Waals surface area contributed by atoms with Crippen molar-refractivity contribution in [3.63, 3.8) is 0 Å². The van der Waals surface area contributed by atoms with E-state index in [0.29, 0.717) is 48.3 Å². The minimum Gasteiger partial charge on any atom is -0.379 e. The number of rotatable bonds is 5. The number of para-hydroxylation sites is 1. The number of aryl methyl sites for hydroxylation is 1. The van der Waals surface area contributed by atoms with Crippen LogP contribution in [0.3, 0.4) is 0 Å². The van der Waals surface area contributed by atoms with E-state index in [1.807, 2.05) is 24.3 Å². The number of amides is 1. The largest absolute Gasteiger partial charge is 0.379 e. The Kier molecular flexibility index (Phi) is 6.09. The average Bonchev–Trinajstić information content (AvgIpc) is 3.30. The van der Waals surface area contributed by atoms with Crippen molar-refractivity contribution in [3.05, 3.63) is 66.1 Å². The summed E-state index contributed by atoms with van der Waals surface area (Å²) in [6.45, 7) is 3.03.